The van der Waals surface area contributed by atoms with E-state index in [0.717, 1.165) is 18.4 Å². The minimum Gasteiger partial charge on any atom is -0.392 e. The highest BCUT2D eigenvalue weighted by Crippen LogP contribution is 2.28. The van der Waals surface area contributed by atoms with Gasteiger partial charge in [0, 0.05) is 12.6 Å². The summed E-state index contributed by atoms with van der Waals surface area (Å²) in [5.41, 5.74) is 6.34. The number of nitrogens with zero attached hydrogens (tertiary/aromatic N) is 1. The van der Waals surface area contributed by atoms with E-state index in [-0.39, 0.29) is 17.6 Å². The normalized spacial score (nSPS) is 13.9. The average molecular weight is 297 g/mol. The fourth-order valence-electron chi connectivity index (χ4n) is 1.71. The zero-order chi connectivity index (χ0) is 13.8. The number of carbonyl (C=O) groups is 2. The molecule has 1 heterocycles. The van der Waals surface area contributed by atoms with Crippen LogP contribution in [0.25, 0.3) is 0 Å². The first-order chi connectivity index (χ1) is 9.08. The van der Waals surface area contributed by atoms with Crippen LogP contribution in [0.1, 0.15) is 18.4 Å². The number of nitrogens with one attached hydrogen (secondary N) is 1. The molecule has 1 aliphatic carbocycles. The second kappa shape index (κ2) is 6.12. The largest absolute Gasteiger partial charge is 0.392 e. The lowest BCUT2D eigenvalue weighted by molar-refractivity contribution is -0.146. The van der Waals surface area contributed by atoms with Gasteiger partial charge in [0.1, 0.15) is 0 Å². The summed E-state index contributed by atoms with van der Waals surface area (Å²) in [4.78, 5) is 25.6. The lowest BCUT2D eigenvalue weighted by atomic mass is 10.3. The molecule has 19 heavy (non-hydrogen) atoms. The summed E-state index contributed by atoms with van der Waals surface area (Å²) in [5.74, 6) is -1.15. The summed E-state index contributed by atoms with van der Waals surface area (Å²) >= 11 is 6.24. The van der Waals surface area contributed by atoms with E-state index in [0.29, 0.717) is 6.54 Å². The van der Waals surface area contributed by atoms with Gasteiger partial charge >= 0.3 is 11.8 Å². The maximum absolute atomic E-state index is 12.1. The lowest BCUT2D eigenvalue weighted by Gasteiger charge is -2.21. The Morgan fingerprint density at radius 3 is 2.79 bits per heavy atom. The van der Waals surface area contributed by atoms with Gasteiger partial charge in [0.15, 0.2) is 0 Å². The van der Waals surface area contributed by atoms with Gasteiger partial charge in [-0.25, -0.2) is 0 Å². The Balaban J connectivity index is 1.96. The number of nitrogens with two attached hydrogens (primary N) is 1. The number of carbonyl (C=O) groups excluding carboxylic acids is 2. The molecule has 7 heteroatoms. The Bertz CT molecular complexity index is 483. The monoisotopic (exact) mass is 297 g/mol. The fraction of sp³-hybridized carbons (Fsp3) is 0.417. The topological polar surface area (TPSA) is 75.4 Å². The number of hydrogen-bond donors (Lipinski definition) is 2. The molecular weight excluding hydrogens is 282 g/mol. The van der Waals surface area contributed by atoms with Gasteiger partial charge in [-0.05, 0) is 35.2 Å². The van der Waals surface area contributed by atoms with Gasteiger partial charge < -0.3 is 16.0 Å². The number of thiophene rings is 1. The van der Waals surface area contributed by atoms with Gasteiger partial charge in [-0.15, -0.1) is 0 Å². The van der Waals surface area contributed by atoms with E-state index in [2.05, 4.69) is 17.5 Å². The molecule has 0 unspecified atom stereocenters. The molecule has 0 spiro atoms. The van der Waals surface area contributed by atoms with E-state index in [9.17, 15) is 9.59 Å². The van der Waals surface area contributed by atoms with E-state index in [1.165, 1.54) is 0 Å². The van der Waals surface area contributed by atoms with Crippen molar-refractivity contribution in [1.82, 2.24) is 10.2 Å². The Morgan fingerprint density at radius 1 is 1.53 bits per heavy atom. The van der Waals surface area contributed by atoms with Crippen LogP contribution in [0.2, 0.25) is 0 Å². The smallest absolute Gasteiger partial charge is 0.312 e. The van der Waals surface area contributed by atoms with Crippen molar-refractivity contribution in [3.63, 3.8) is 0 Å². The highest BCUT2D eigenvalue weighted by Gasteiger charge is 2.35. The van der Waals surface area contributed by atoms with Gasteiger partial charge in [-0.2, -0.15) is 11.3 Å². The lowest BCUT2D eigenvalue weighted by Crippen LogP contribution is -2.45. The summed E-state index contributed by atoms with van der Waals surface area (Å²) in [7, 11) is 0. The Kier molecular flexibility index (Phi) is 4.49. The standard InChI is InChI=1S/C12H15N3O2S2/c13-10(18)5-14-11(16)12(17)15(9-1-2-9)6-8-3-4-19-7-8/h3-4,7,9H,1-2,5-6H2,(H2,13,18)(H,14,16). The zero-order valence-electron chi connectivity index (χ0n) is 10.3. The predicted octanol–water partition coefficient (Wildman–Crippen LogP) is 0.641. The maximum Gasteiger partial charge on any atom is 0.312 e. The molecule has 1 aromatic heterocycles. The molecule has 0 atom stereocenters. The van der Waals surface area contributed by atoms with E-state index in [1.807, 2.05) is 16.8 Å². The van der Waals surface area contributed by atoms with Gasteiger partial charge in [0.2, 0.25) is 0 Å². The third-order valence-electron chi connectivity index (χ3n) is 2.80. The van der Waals surface area contributed by atoms with Gasteiger partial charge in [0.25, 0.3) is 0 Å². The predicted molar refractivity (Wildman–Crippen MR) is 77.7 cm³/mol. The van der Waals surface area contributed by atoms with Crippen LogP contribution in [0.4, 0.5) is 0 Å². The van der Waals surface area contributed by atoms with Gasteiger partial charge in [-0.1, -0.05) is 12.2 Å². The van der Waals surface area contributed by atoms with E-state index in [1.54, 1.807) is 16.2 Å². The molecular formula is C12H15N3O2S2. The highest BCUT2D eigenvalue weighted by atomic mass is 32.1. The molecule has 0 bridgehead atoms. The number of amides is 2. The number of hydrogen-bond acceptors (Lipinski definition) is 4. The molecule has 1 saturated carbocycles. The SMILES string of the molecule is NC(=S)CNC(=O)C(=O)N(Cc1ccsc1)C1CC1. The minimum absolute atomic E-state index is 0.0524. The molecule has 1 aromatic rings. The van der Waals surface area contributed by atoms with Crippen LogP contribution in [0.15, 0.2) is 16.8 Å². The van der Waals surface area contributed by atoms with Crippen molar-refractivity contribution >= 4 is 40.4 Å². The molecule has 0 aliphatic heterocycles. The number of rotatable bonds is 5. The zero-order valence-corrected chi connectivity index (χ0v) is 11.9. The van der Waals surface area contributed by atoms with Crippen molar-refractivity contribution in [2.24, 2.45) is 5.73 Å². The Hall–Kier alpha value is -1.47. The van der Waals surface area contributed by atoms with Crippen molar-refractivity contribution in [1.29, 1.82) is 0 Å². The first-order valence-corrected chi connectivity index (χ1v) is 7.31. The van der Waals surface area contributed by atoms with Crippen LogP contribution in [0.3, 0.4) is 0 Å². The van der Waals surface area contributed by atoms with E-state index < -0.39 is 11.8 Å². The third kappa shape index (κ3) is 4.00. The summed E-state index contributed by atoms with van der Waals surface area (Å²) in [6.07, 6.45) is 1.91. The quantitative estimate of drug-likeness (QED) is 0.618. The minimum atomic E-state index is -0.644. The Labute approximate surface area is 120 Å². The molecule has 1 aliphatic rings. The molecule has 0 radical (unpaired) electrons. The van der Waals surface area contributed by atoms with Crippen LogP contribution >= 0.6 is 23.6 Å². The molecule has 102 valence electrons. The third-order valence-corrected chi connectivity index (χ3v) is 3.68. The summed E-state index contributed by atoms with van der Waals surface area (Å²) in [6, 6.07) is 2.14. The second-order valence-corrected chi connectivity index (χ2v) is 5.75. The first kappa shape index (κ1) is 14.0. The van der Waals surface area contributed by atoms with Crippen molar-refractivity contribution < 1.29 is 9.59 Å². The molecule has 3 N–H and O–H groups in total. The first-order valence-electron chi connectivity index (χ1n) is 5.96. The van der Waals surface area contributed by atoms with Crippen LogP contribution in [-0.4, -0.2) is 34.3 Å². The van der Waals surface area contributed by atoms with Crippen LogP contribution in [-0.2, 0) is 16.1 Å². The Morgan fingerprint density at radius 2 is 2.26 bits per heavy atom. The van der Waals surface area contributed by atoms with Crippen molar-refractivity contribution in [2.75, 3.05) is 6.54 Å². The average Bonchev–Trinajstić information content (AvgIpc) is 3.09. The molecule has 0 aromatic carbocycles. The van der Waals surface area contributed by atoms with E-state index >= 15 is 0 Å². The molecule has 1 fully saturated rings. The van der Waals surface area contributed by atoms with Crippen LogP contribution in [0, 0.1) is 0 Å². The van der Waals surface area contributed by atoms with Crippen LogP contribution in [0.5, 0.6) is 0 Å². The molecule has 2 rings (SSSR count). The van der Waals surface area contributed by atoms with Crippen LogP contribution < -0.4 is 11.1 Å². The summed E-state index contributed by atoms with van der Waals surface area (Å²) in [6.45, 7) is 0.532. The molecule has 0 saturated heterocycles. The van der Waals surface area contributed by atoms with Crippen molar-refractivity contribution in [3.8, 4) is 0 Å². The van der Waals surface area contributed by atoms with Gasteiger partial charge in [-0.3, -0.25) is 9.59 Å². The van der Waals surface area contributed by atoms with Crippen molar-refractivity contribution in [3.05, 3.63) is 22.4 Å². The summed E-state index contributed by atoms with van der Waals surface area (Å²) < 4.78 is 0. The number of thiocarbonyl (C=S) groups is 1. The summed E-state index contributed by atoms with van der Waals surface area (Å²) in [5, 5.41) is 6.37. The second-order valence-electron chi connectivity index (χ2n) is 4.44. The maximum atomic E-state index is 12.1. The van der Waals surface area contributed by atoms with E-state index in [4.69, 9.17) is 5.73 Å². The fourth-order valence-corrected chi connectivity index (χ4v) is 2.44. The molecule has 2 amide bonds. The highest BCUT2D eigenvalue weighted by molar-refractivity contribution is 7.80. The van der Waals surface area contributed by atoms with Crippen molar-refractivity contribution in [2.45, 2.75) is 25.4 Å². The molecule has 5 nitrogen and oxygen atoms in total. The van der Waals surface area contributed by atoms with Gasteiger partial charge in [0.05, 0.1) is 11.5 Å².